The van der Waals surface area contributed by atoms with Gasteiger partial charge < -0.3 is 15.0 Å². The molecule has 1 fully saturated rings. The quantitative estimate of drug-likeness (QED) is 0.868. The zero-order valence-electron chi connectivity index (χ0n) is 9.93. The van der Waals surface area contributed by atoms with Gasteiger partial charge in [-0.1, -0.05) is 28.1 Å². The lowest BCUT2D eigenvalue weighted by Gasteiger charge is -2.38. The van der Waals surface area contributed by atoms with Gasteiger partial charge in [-0.05, 0) is 18.2 Å². The molecule has 0 saturated carbocycles. The van der Waals surface area contributed by atoms with Gasteiger partial charge in [0.05, 0.1) is 13.1 Å². The summed E-state index contributed by atoms with van der Waals surface area (Å²) in [4.78, 5) is 13.3. The first-order chi connectivity index (χ1) is 8.69. The third-order valence-corrected chi connectivity index (χ3v) is 3.12. The molecule has 2 amide bonds. The minimum atomic E-state index is -0.0657. The summed E-state index contributed by atoms with van der Waals surface area (Å²) in [6.07, 6.45) is 1.74. The molecule has 1 heterocycles. The average Bonchev–Trinajstić information content (AvgIpc) is 2.30. The molecule has 1 aliphatic rings. The van der Waals surface area contributed by atoms with Gasteiger partial charge in [0.15, 0.2) is 0 Å². The summed E-state index contributed by atoms with van der Waals surface area (Å²) in [5.74, 6) is 0.820. The predicted molar refractivity (Wildman–Crippen MR) is 73.7 cm³/mol. The van der Waals surface area contributed by atoms with E-state index in [1.54, 1.807) is 11.0 Å². The number of rotatable bonds is 4. The number of nitrogens with one attached hydrogen (secondary N) is 1. The lowest BCUT2D eigenvalue weighted by molar-refractivity contribution is 0.0448. The van der Waals surface area contributed by atoms with Gasteiger partial charge in [-0.3, -0.25) is 0 Å². The first kappa shape index (κ1) is 13.0. The number of benzene rings is 1. The van der Waals surface area contributed by atoms with Crippen LogP contribution in [0, 0.1) is 0 Å². The van der Waals surface area contributed by atoms with Crippen molar-refractivity contribution >= 4 is 22.0 Å². The Balaban J connectivity index is 1.76. The van der Waals surface area contributed by atoms with Crippen LogP contribution in [-0.2, 0) is 0 Å². The highest BCUT2D eigenvalue weighted by atomic mass is 79.9. The molecule has 0 spiro atoms. The Labute approximate surface area is 115 Å². The van der Waals surface area contributed by atoms with Crippen LogP contribution in [0.5, 0.6) is 5.75 Å². The first-order valence-electron chi connectivity index (χ1n) is 5.75. The van der Waals surface area contributed by atoms with Gasteiger partial charge in [-0.2, -0.15) is 0 Å². The molecule has 5 heteroatoms. The van der Waals surface area contributed by atoms with Crippen LogP contribution in [0.4, 0.5) is 4.79 Å². The summed E-state index contributed by atoms with van der Waals surface area (Å²) < 4.78 is 6.73. The zero-order chi connectivity index (χ0) is 13.0. The van der Waals surface area contributed by atoms with Crippen molar-refractivity contribution in [3.05, 3.63) is 41.4 Å². The van der Waals surface area contributed by atoms with E-state index in [-0.39, 0.29) is 12.1 Å². The number of halogens is 1. The summed E-state index contributed by atoms with van der Waals surface area (Å²) in [6, 6.07) is 7.63. The molecular formula is C13H15BrN2O2. The smallest absolute Gasteiger partial charge is 0.317 e. The van der Waals surface area contributed by atoms with E-state index in [9.17, 15) is 4.79 Å². The molecule has 0 atom stereocenters. The second-order valence-electron chi connectivity index (χ2n) is 4.08. The van der Waals surface area contributed by atoms with Gasteiger partial charge >= 0.3 is 6.03 Å². The van der Waals surface area contributed by atoms with Gasteiger partial charge in [-0.25, -0.2) is 4.79 Å². The number of hydrogen-bond donors (Lipinski definition) is 1. The lowest BCUT2D eigenvalue weighted by atomic mass is 10.2. The molecule has 2 rings (SSSR count). The molecular weight excluding hydrogens is 296 g/mol. The van der Waals surface area contributed by atoms with Crippen molar-refractivity contribution in [2.75, 3.05) is 19.6 Å². The third kappa shape index (κ3) is 3.26. The van der Waals surface area contributed by atoms with Gasteiger partial charge in [0.25, 0.3) is 0 Å². The maximum absolute atomic E-state index is 11.5. The largest absolute Gasteiger partial charge is 0.487 e. The summed E-state index contributed by atoms with van der Waals surface area (Å²) in [5.41, 5.74) is 0. The van der Waals surface area contributed by atoms with Crippen LogP contribution in [-0.4, -0.2) is 36.7 Å². The standard InChI is InChI=1S/C13H15BrN2O2/c1-2-6-15-13(17)16-8-12(9-16)18-11-5-3-4-10(14)7-11/h2-5,7,12H,1,6,8-9H2,(H,15,17). The van der Waals surface area contributed by atoms with Crippen molar-refractivity contribution in [3.8, 4) is 5.75 Å². The number of ether oxygens (including phenoxy) is 1. The Bertz CT molecular complexity index is 444. The third-order valence-electron chi connectivity index (χ3n) is 2.63. The van der Waals surface area contributed by atoms with Crippen molar-refractivity contribution in [1.29, 1.82) is 0 Å². The lowest BCUT2D eigenvalue weighted by Crippen LogP contribution is -2.58. The number of nitrogens with zero attached hydrogens (tertiary/aromatic N) is 1. The number of urea groups is 1. The highest BCUT2D eigenvalue weighted by Crippen LogP contribution is 2.21. The average molecular weight is 311 g/mol. The highest BCUT2D eigenvalue weighted by Gasteiger charge is 2.31. The van der Waals surface area contributed by atoms with Crippen LogP contribution in [0.15, 0.2) is 41.4 Å². The molecule has 18 heavy (non-hydrogen) atoms. The highest BCUT2D eigenvalue weighted by molar-refractivity contribution is 9.10. The molecule has 1 N–H and O–H groups in total. The van der Waals surface area contributed by atoms with Gasteiger partial charge in [0, 0.05) is 11.0 Å². The molecule has 0 aliphatic carbocycles. The van der Waals surface area contributed by atoms with E-state index < -0.39 is 0 Å². The molecule has 1 aromatic rings. The summed E-state index contributed by atoms with van der Waals surface area (Å²) in [7, 11) is 0. The monoisotopic (exact) mass is 310 g/mol. The zero-order valence-corrected chi connectivity index (χ0v) is 11.5. The number of carbonyl (C=O) groups excluding carboxylic acids is 1. The molecule has 1 saturated heterocycles. The van der Waals surface area contributed by atoms with Gasteiger partial charge in [0.1, 0.15) is 11.9 Å². The maximum Gasteiger partial charge on any atom is 0.317 e. The van der Waals surface area contributed by atoms with Crippen molar-refractivity contribution < 1.29 is 9.53 Å². The fraction of sp³-hybridized carbons (Fsp3) is 0.308. The minimum absolute atomic E-state index is 0.0657. The van der Waals surface area contributed by atoms with Crippen molar-refractivity contribution in [3.63, 3.8) is 0 Å². The number of likely N-dealkylation sites (tertiary alicyclic amines) is 1. The van der Waals surface area contributed by atoms with Crippen LogP contribution in [0.25, 0.3) is 0 Å². The fourth-order valence-corrected chi connectivity index (χ4v) is 2.06. The number of carbonyl (C=O) groups is 1. The molecule has 0 radical (unpaired) electrons. The second-order valence-corrected chi connectivity index (χ2v) is 4.99. The molecule has 1 aliphatic heterocycles. The summed E-state index contributed by atoms with van der Waals surface area (Å²) >= 11 is 3.39. The van der Waals surface area contributed by atoms with E-state index in [1.165, 1.54) is 0 Å². The molecule has 0 bridgehead atoms. The number of amides is 2. The Morgan fingerprint density at radius 2 is 2.39 bits per heavy atom. The second kappa shape index (κ2) is 5.91. The number of hydrogen-bond acceptors (Lipinski definition) is 2. The van der Waals surface area contributed by atoms with Crippen LogP contribution in [0.3, 0.4) is 0 Å². The Hall–Kier alpha value is -1.49. The van der Waals surface area contributed by atoms with E-state index in [0.717, 1.165) is 10.2 Å². The Morgan fingerprint density at radius 1 is 1.61 bits per heavy atom. The van der Waals surface area contributed by atoms with Crippen LogP contribution >= 0.6 is 15.9 Å². The van der Waals surface area contributed by atoms with Gasteiger partial charge in [0.2, 0.25) is 0 Å². The normalized spacial score (nSPS) is 14.8. The van der Waals surface area contributed by atoms with E-state index in [0.29, 0.717) is 19.6 Å². The van der Waals surface area contributed by atoms with E-state index in [1.807, 2.05) is 24.3 Å². The molecule has 1 aromatic carbocycles. The summed E-state index contributed by atoms with van der Waals surface area (Å²) in [6.45, 7) is 5.29. The predicted octanol–water partition coefficient (Wildman–Crippen LogP) is 2.41. The maximum atomic E-state index is 11.5. The Morgan fingerprint density at radius 3 is 3.06 bits per heavy atom. The van der Waals surface area contributed by atoms with Crippen LogP contribution in [0.1, 0.15) is 0 Å². The molecule has 0 unspecified atom stereocenters. The topological polar surface area (TPSA) is 41.6 Å². The fourth-order valence-electron chi connectivity index (χ4n) is 1.68. The van der Waals surface area contributed by atoms with Crippen molar-refractivity contribution in [2.45, 2.75) is 6.10 Å². The van der Waals surface area contributed by atoms with Crippen LogP contribution < -0.4 is 10.1 Å². The van der Waals surface area contributed by atoms with Crippen molar-refractivity contribution in [1.82, 2.24) is 10.2 Å². The van der Waals surface area contributed by atoms with Crippen LogP contribution in [0.2, 0.25) is 0 Å². The molecule has 0 aromatic heterocycles. The molecule has 96 valence electrons. The SMILES string of the molecule is C=CCNC(=O)N1CC(Oc2cccc(Br)c2)C1. The van der Waals surface area contributed by atoms with E-state index in [2.05, 4.69) is 27.8 Å². The van der Waals surface area contributed by atoms with Crippen molar-refractivity contribution in [2.24, 2.45) is 0 Å². The Kier molecular flexibility index (Phi) is 4.25. The minimum Gasteiger partial charge on any atom is -0.487 e. The van der Waals surface area contributed by atoms with E-state index >= 15 is 0 Å². The van der Waals surface area contributed by atoms with E-state index in [4.69, 9.17) is 4.74 Å². The van der Waals surface area contributed by atoms with Gasteiger partial charge in [-0.15, -0.1) is 6.58 Å². The first-order valence-corrected chi connectivity index (χ1v) is 6.54. The summed E-state index contributed by atoms with van der Waals surface area (Å²) in [5, 5.41) is 2.73. The molecule has 4 nitrogen and oxygen atoms in total.